The number of pyridine rings is 1. The fraction of sp³-hybridized carbons (Fsp3) is 0.200. The fourth-order valence-electron chi connectivity index (χ4n) is 3.28. The molecule has 4 aromatic rings. The van der Waals surface area contributed by atoms with Crippen LogP contribution in [0.3, 0.4) is 0 Å². The number of esters is 1. The monoisotopic (exact) mass is 410 g/mol. The molecule has 0 aliphatic heterocycles. The first kappa shape index (κ1) is 19.2. The van der Waals surface area contributed by atoms with Crippen LogP contribution in [0.1, 0.15) is 10.4 Å². The summed E-state index contributed by atoms with van der Waals surface area (Å²) in [5, 5.41) is 4.50. The minimum absolute atomic E-state index is 0.216. The largest absolute Gasteiger partial charge is 0.493 e. The third-order valence-electron chi connectivity index (χ3n) is 4.73. The van der Waals surface area contributed by atoms with Gasteiger partial charge in [0.25, 0.3) is 5.56 Å². The zero-order valence-electron chi connectivity index (χ0n) is 16.7. The van der Waals surface area contributed by atoms with Gasteiger partial charge in [-0.3, -0.25) is 9.36 Å². The maximum absolute atomic E-state index is 13.2. The van der Waals surface area contributed by atoms with Crippen LogP contribution in [0.25, 0.3) is 22.2 Å². The summed E-state index contributed by atoms with van der Waals surface area (Å²) in [5.74, 6) is 0.708. The Bertz CT molecular complexity index is 1320. The molecule has 4 rings (SSSR count). The van der Waals surface area contributed by atoms with E-state index in [2.05, 4.69) is 10.1 Å². The summed E-state index contributed by atoms with van der Waals surface area (Å²) in [6.45, 7) is 0. The molecule has 0 saturated heterocycles. The van der Waals surface area contributed by atoms with Crippen LogP contribution in [0, 0.1) is 0 Å². The van der Waals surface area contributed by atoms with E-state index in [1.54, 1.807) is 24.4 Å². The number of methoxy groups -OCH3 is 4. The molecule has 0 atom stereocenters. The molecule has 0 N–H and O–H groups in total. The molecule has 0 amide bonds. The predicted octanol–water partition coefficient (Wildman–Crippen LogP) is 1.85. The molecule has 0 bridgehead atoms. The highest BCUT2D eigenvalue weighted by molar-refractivity contribution is 5.96. The summed E-state index contributed by atoms with van der Waals surface area (Å²) in [6.07, 6.45) is 4.37. The summed E-state index contributed by atoms with van der Waals surface area (Å²) in [4.78, 5) is 29.3. The first-order valence-corrected chi connectivity index (χ1v) is 8.80. The number of rotatable bonds is 5. The summed E-state index contributed by atoms with van der Waals surface area (Å²) in [6, 6.07) is 5.05. The molecular weight excluding hydrogens is 392 g/mol. The Kier molecular flexibility index (Phi) is 4.74. The maximum atomic E-state index is 13.2. The lowest BCUT2D eigenvalue weighted by Gasteiger charge is -2.15. The highest BCUT2D eigenvalue weighted by Gasteiger charge is 2.19. The molecule has 10 nitrogen and oxygen atoms in total. The summed E-state index contributed by atoms with van der Waals surface area (Å²) >= 11 is 0. The van der Waals surface area contributed by atoms with E-state index in [1.165, 1.54) is 49.9 Å². The average molecular weight is 410 g/mol. The van der Waals surface area contributed by atoms with E-state index in [-0.39, 0.29) is 11.1 Å². The lowest BCUT2D eigenvalue weighted by molar-refractivity contribution is 0.0602. The number of ether oxygens (including phenoxy) is 4. The molecule has 0 saturated carbocycles. The highest BCUT2D eigenvalue weighted by Crippen LogP contribution is 2.39. The van der Waals surface area contributed by atoms with Crippen molar-refractivity contribution in [1.82, 2.24) is 19.2 Å². The summed E-state index contributed by atoms with van der Waals surface area (Å²) in [5.41, 5.74) is 1.22. The molecule has 0 spiro atoms. The standard InChI is InChI=1S/C20H18N4O6/c1-27-15-7-11(8-16(28-2)17(15)29-3)23-6-5-14-12(19(23)25)9-21-18-13(20(26)30-4)10-22-24(14)18/h5-10H,1-4H3. The van der Waals surface area contributed by atoms with Crippen molar-refractivity contribution >= 4 is 22.5 Å². The molecule has 3 aromatic heterocycles. The minimum atomic E-state index is -0.553. The molecule has 1 aromatic carbocycles. The van der Waals surface area contributed by atoms with E-state index in [4.69, 9.17) is 18.9 Å². The van der Waals surface area contributed by atoms with Crippen molar-refractivity contribution in [3.8, 4) is 22.9 Å². The quantitative estimate of drug-likeness (QED) is 0.459. The number of hydrogen-bond donors (Lipinski definition) is 0. The van der Waals surface area contributed by atoms with Crippen molar-refractivity contribution < 1.29 is 23.7 Å². The number of aromatic nitrogens is 4. The molecule has 10 heteroatoms. The Labute approximate surface area is 170 Å². The summed E-state index contributed by atoms with van der Waals surface area (Å²) in [7, 11) is 5.79. The third-order valence-corrected chi connectivity index (χ3v) is 4.73. The zero-order valence-corrected chi connectivity index (χ0v) is 16.7. The van der Waals surface area contributed by atoms with E-state index in [1.807, 2.05) is 0 Å². The molecular formula is C20H18N4O6. The number of carbonyl (C=O) groups is 1. The molecule has 0 aliphatic rings. The molecule has 154 valence electrons. The molecule has 0 aliphatic carbocycles. The molecule has 0 unspecified atom stereocenters. The van der Waals surface area contributed by atoms with Gasteiger partial charge < -0.3 is 18.9 Å². The maximum Gasteiger partial charge on any atom is 0.343 e. The van der Waals surface area contributed by atoms with Gasteiger partial charge in [-0.15, -0.1) is 0 Å². The van der Waals surface area contributed by atoms with Gasteiger partial charge in [0.15, 0.2) is 17.1 Å². The normalized spacial score (nSPS) is 10.9. The van der Waals surface area contributed by atoms with Crippen molar-refractivity contribution in [2.24, 2.45) is 0 Å². The van der Waals surface area contributed by atoms with Gasteiger partial charge in [0.05, 0.1) is 51.2 Å². The Balaban J connectivity index is 1.94. The predicted molar refractivity (Wildman–Crippen MR) is 107 cm³/mol. The van der Waals surface area contributed by atoms with Crippen LogP contribution in [0.4, 0.5) is 0 Å². The summed E-state index contributed by atoms with van der Waals surface area (Å²) < 4.78 is 23.7. The second-order valence-corrected chi connectivity index (χ2v) is 6.22. The van der Waals surface area contributed by atoms with Gasteiger partial charge in [-0.2, -0.15) is 5.10 Å². The van der Waals surface area contributed by atoms with Crippen molar-refractivity contribution in [1.29, 1.82) is 0 Å². The van der Waals surface area contributed by atoms with Crippen molar-refractivity contribution in [3.63, 3.8) is 0 Å². The van der Waals surface area contributed by atoms with E-state index >= 15 is 0 Å². The van der Waals surface area contributed by atoms with Crippen LogP contribution in [0.15, 0.2) is 41.6 Å². The number of benzene rings is 1. The van der Waals surface area contributed by atoms with Gasteiger partial charge in [0.2, 0.25) is 5.75 Å². The highest BCUT2D eigenvalue weighted by atomic mass is 16.5. The molecule has 0 radical (unpaired) electrons. The van der Waals surface area contributed by atoms with Crippen molar-refractivity contribution in [2.45, 2.75) is 0 Å². The van der Waals surface area contributed by atoms with Gasteiger partial charge in [-0.25, -0.2) is 14.3 Å². The zero-order chi connectivity index (χ0) is 21.4. The van der Waals surface area contributed by atoms with Gasteiger partial charge in [-0.05, 0) is 6.07 Å². The van der Waals surface area contributed by atoms with Crippen molar-refractivity contribution in [3.05, 3.63) is 52.7 Å². The molecule has 0 fully saturated rings. The lowest BCUT2D eigenvalue weighted by Crippen LogP contribution is -2.19. The third kappa shape index (κ3) is 2.81. The van der Waals surface area contributed by atoms with E-state index < -0.39 is 5.97 Å². The van der Waals surface area contributed by atoms with Gasteiger partial charge in [0.1, 0.15) is 5.56 Å². The topological polar surface area (TPSA) is 106 Å². The first-order valence-electron chi connectivity index (χ1n) is 8.80. The number of nitrogens with zero attached hydrogens (tertiary/aromatic N) is 4. The lowest BCUT2D eigenvalue weighted by atomic mass is 10.2. The average Bonchev–Trinajstić information content (AvgIpc) is 3.22. The Morgan fingerprint density at radius 3 is 2.30 bits per heavy atom. The van der Waals surface area contributed by atoms with Crippen LogP contribution >= 0.6 is 0 Å². The first-order chi connectivity index (χ1) is 14.5. The Morgan fingerprint density at radius 1 is 1.00 bits per heavy atom. The second-order valence-electron chi connectivity index (χ2n) is 6.22. The van der Waals surface area contributed by atoms with E-state index in [9.17, 15) is 9.59 Å². The van der Waals surface area contributed by atoms with Crippen LogP contribution in [0.2, 0.25) is 0 Å². The number of hydrogen-bond acceptors (Lipinski definition) is 8. The van der Waals surface area contributed by atoms with Gasteiger partial charge in [-0.1, -0.05) is 0 Å². The molecule has 3 heterocycles. The second kappa shape index (κ2) is 7.39. The van der Waals surface area contributed by atoms with Crippen molar-refractivity contribution in [2.75, 3.05) is 28.4 Å². The van der Waals surface area contributed by atoms with Crippen LogP contribution in [-0.2, 0) is 4.74 Å². The molecule has 30 heavy (non-hydrogen) atoms. The SMILES string of the molecule is COC(=O)c1cnn2c1ncc1c(=O)n(-c3cc(OC)c(OC)c(OC)c3)ccc12. The number of fused-ring (bicyclic) bond motifs is 3. The van der Waals surface area contributed by atoms with Crippen LogP contribution < -0.4 is 19.8 Å². The number of carbonyl (C=O) groups excluding carboxylic acids is 1. The van der Waals surface area contributed by atoms with Crippen LogP contribution in [0.5, 0.6) is 17.2 Å². The van der Waals surface area contributed by atoms with E-state index in [0.29, 0.717) is 39.5 Å². The van der Waals surface area contributed by atoms with Gasteiger partial charge in [0, 0.05) is 24.5 Å². The Morgan fingerprint density at radius 2 is 1.70 bits per heavy atom. The van der Waals surface area contributed by atoms with Gasteiger partial charge >= 0.3 is 5.97 Å². The van der Waals surface area contributed by atoms with E-state index in [0.717, 1.165) is 0 Å². The van der Waals surface area contributed by atoms with Crippen LogP contribution in [-0.4, -0.2) is 53.6 Å². The Hall–Kier alpha value is -4.08. The minimum Gasteiger partial charge on any atom is -0.493 e. The fourth-order valence-corrected chi connectivity index (χ4v) is 3.28. The smallest absolute Gasteiger partial charge is 0.343 e.